The lowest BCUT2D eigenvalue weighted by Gasteiger charge is -2.34. The number of aromatic nitrogens is 2. The van der Waals surface area contributed by atoms with Gasteiger partial charge in [-0.05, 0) is 68.0 Å². The number of anilines is 1. The fraction of sp³-hybridized carbons (Fsp3) is 0.300. The van der Waals surface area contributed by atoms with Crippen LogP contribution in [0.25, 0.3) is 23.0 Å². The number of fused-ring (bicyclic) bond motifs is 1. The van der Waals surface area contributed by atoms with Crippen molar-refractivity contribution in [1.29, 1.82) is 0 Å². The number of rotatable bonds is 8. The van der Waals surface area contributed by atoms with Gasteiger partial charge in [-0.3, -0.25) is 4.40 Å². The fourth-order valence-electron chi connectivity index (χ4n) is 4.80. The van der Waals surface area contributed by atoms with E-state index in [1.54, 1.807) is 18.2 Å². The number of benzene rings is 2. The summed E-state index contributed by atoms with van der Waals surface area (Å²) in [7, 11) is -3.94. The molecule has 0 saturated carbocycles. The van der Waals surface area contributed by atoms with E-state index in [-0.39, 0.29) is 16.7 Å². The van der Waals surface area contributed by atoms with Crippen molar-refractivity contribution in [2.75, 3.05) is 5.32 Å². The van der Waals surface area contributed by atoms with Gasteiger partial charge in [0.15, 0.2) is 0 Å². The van der Waals surface area contributed by atoms with Gasteiger partial charge < -0.3 is 9.50 Å². The largest absolute Gasteiger partial charge is 0.379 e. The molecule has 0 unspecified atom stereocenters. The monoisotopic (exact) mass is 517 g/mol. The first-order valence-corrected chi connectivity index (χ1v) is 13.8. The number of hydrogen-bond donors (Lipinski definition) is 1. The molecule has 4 aromatic rings. The third-order valence-electron chi connectivity index (χ3n) is 5.82. The predicted octanol–water partition coefficient (Wildman–Crippen LogP) is 7.32. The molecule has 0 fully saturated rings. The van der Waals surface area contributed by atoms with Crippen molar-refractivity contribution in [1.82, 2.24) is 9.38 Å². The Kier molecular flexibility index (Phi) is 7.20. The van der Waals surface area contributed by atoms with Crippen molar-refractivity contribution >= 4 is 27.7 Å². The molecule has 194 valence electrons. The van der Waals surface area contributed by atoms with Crippen LogP contribution in [0, 0.1) is 12.3 Å². The lowest BCUT2D eigenvalue weighted by Crippen LogP contribution is -2.36. The zero-order chi connectivity index (χ0) is 26.8. The molecule has 2 heterocycles. The van der Waals surface area contributed by atoms with Gasteiger partial charge in [0.25, 0.3) is 0 Å². The standard InChI is InChI=1S/C30H35N3O3S/c1-22-12-11-18-33-27(22)31-26(28(33)32-30(5,6)21-29(2,3)4)24-15-10-16-25(20-24)36-37(34,35)19-17-23-13-8-7-9-14-23/h7-20,32H,21H2,1-6H3/b19-17+. The van der Waals surface area contributed by atoms with Gasteiger partial charge in [-0.1, -0.05) is 69.3 Å². The maximum atomic E-state index is 12.7. The van der Waals surface area contributed by atoms with Gasteiger partial charge in [0.05, 0.1) is 5.41 Å². The minimum Gasteiger partial charge on any atom is -0.379 e. The van der Waals surface area contributed by atoms with E-state index in [1.165, 1.54) is 6.08 Å². The van der Waals surface area contributed by atoms with Crippen molar-refractivity contribution < 1.29 is 12.6 Å². The molecule has 0 radical (unpaired) electrons. The van der Waals surface area contributed by atoms with Crippen molar-refractivity contribution in [3.63, 3.8) is 0 Å². The molecule has 2 aromatic heterocycles. The average Bonchev–Trinajstić information content (AvgIpc) is 3.16. The number of aryl methyl sites for hydroxylation is 1. The molecular weight excluding hydrogens is 482 g/mol. The third-order valence-corrected chi connectivity index (χ3v) is 6.71. The van der Waals surface area contributed by atoms with Gasteiger partial charge >= 0.3 is 10.1 Å². The fourth-order valence-corrected chi connectivity index (χ4v) is 5.55. The summed E-state index contributed by atoms with van der Waals surface area (Å²) in [4.78, 5) is 4.96. The highest BCUT2D eigenvalue weighted by Gasteiger charge is 2.28. The Balaban J connectivity index is 1.70. The summed E-state index contributed by atoms with van der Waals surface area (Å²) in [5, 5.41) is 4.80. The lowest BCUT2D eigenvalue weighted by atomic mass is 9.82. The SMILES string of the molecule is Cc1cccn2c(NC(C)(C)CC(C)(C)C)c(-c3cccc(OS(=O)(=O)/C=C/c4ccccc4)c3)nc12. The zero-order valence-corrected chi connectivity index (χ0v) is 23.1. The van der Waals surface area contributed by atoms with E-state index in [0.717, 1.165) is 45.7 Å². The Labute approximate surface area is 220 Å². The van der Waals surface area contributed by atoms with Crippen LogP contribution in [0.3, 0.4) is 0 Å². The van der Waals surface area contributed by atoms with Gasteiger partial charge in [0.2, 0.25) is 0 Å². The van der Waals surface area contributed by atoms with Gasteiger partial charge in [-0.15, -0.1) is 0 Å². The molecule has 0 bridgehead atoms. The molecule has 4 rings (SSSR count). The maximum absolute atomic E-state index is 12.7. The van der Waals surface area contributed by atoms with E-state index in [1.807, 2.05) is 61.7 Å². The molecule has 2 aromatic carbocycles. The third kappa shape index (κ3) is 6.80. The Morgan fingerprint density at radius 3 is 2.41 bits per heavy atom. The molecule has 0 saturated heterocycles. The Morgan fingerprint density at radius 1 is 0.973 bits per heavy atom. The average molecular weight is 518 g/mol. The smallest absolute Gasteiger partial charge is 0.332 e. The van der Waals surface area contributed by atoms with Crippen LogP contribution in [0.15, 0.2) is 78.3 Å². The topological polar surface area (TPSA) is 72.7 Å². The van der Waals surface area contributed by atoms with Crippen molar-refractivity contribution in [2.24, 2.45) is 5.41 Å². The molecule has 0 spiro atoms. The van der Waals surface area contributed by atoms with Gasteiger partial charge in [0, 0.05) is 17.3 Å². The van der Waals surface area contributed by atoms with Crippen LogP contribution >= 0.6 is 0 Å². The molecule has 0 atom stereocenters. The van der Waals surface area contributed by atoms with Crippen LogP contribution in [0.1, 0.15) is 52.2 Å². The Bertz CT molecular complexity index is 1530. The van der Waals surface area contributed by atoms with E-state index in [4.69, 9.17) is 9.17 Å². The number of nitrogens with one attached hydrogen (secondary N) is 1. The van der Waals surface area contributed by atoms with Crippen LogP contribution in [-0.4, -0.2) is 23.3 Å². The van der Waals surface area contributed by atoms with Crippen molar-refractivity contribution in [2.45, 2.75) is 53.5 Å². The highest BCUT2D eigenvalue weighted by Crippen LogP contribution is 2.36. The van der Waals surface area contributed by atoms with E-state index < -0.39 is 10.1 Å². The Hall–Kier alpha value is -3.58. The normalized spacial score (nSPS) is 12.8. The highest BCUT2D eigenvalue weighted by molar-refractivity contribution is 7.90. The summed E-state index contributed by atoms with van der Waals surface area (Å²) >= 11 is 0. The molecule has 0 aliphatic heterocycles. The Morgan fingerprint density at radius 2 is 1.70 bits per heavy atom. The quantitative estimate of drug-likeness (QED) is 0.248. The highest BCUT2D eigenvalue weighted by atomic mass is 32.2. The number of hydrogen-bond acceptors (Lipinski definition) is 5. The van der Waals surface area contributed by atoms with Gasteiger partial charge in [-0.2, -0.15) is 8.42 Å². The van der Waals surface area contributed by atoms with Crippen molar-refractivity contribution in [3.8, 4) is 17.0 Å². The second kappa shape index (κ2) is 10.1. The molecule has 0 amide bonds. The summed E-state index contributed by atoms with van der Waals surface area (Å²) in [6.07, 6.45) is 4.45. The molecule has 37 heavy (non-hydrogen) atoms. The second-order valence-electron chi connectivity index (χ2n) is 11.3. The van der Waals surface area contributed by atoms with E-state index in [0.29, 0.717) is 0 Å². The van der Waals surface area contributed by atoms with E-state index >= 15 is 0 Å². The van der Waals surface area contributed by atoms with E-state index in [2.05, 4.69) is 44.3 Å². The van der Waals surface area contributed by atoms with Crippen LogP contribution in [-0.2, 0) is 10.1 Å². The first-order chi connectivity index (χ1) is 17.3. The number of nitrogens with zero attached hydrogens (tertiary/aromatic N) is 2. The minimum atomic E-state index is -3.94. The predicted molar refractivity (Wildman–Crippen MR) is 152 cm³/mol. The first kappa shape index (κ1) is 26.5. The lowest BCUT2D eigenvalue weighted by molar-refractivity contribution is 0.302. The molecule has 7 heteroatoms. The van der Waals surface area contributed by atoms with Crippen molar-refractivity contribution in [3.05, 3.63) is 89.5 Å². The summed E-state index contributed by atoms with van der Waals surface area (Å²) in [5.41, 5.74) is 4.07. The number of pyridine rings is 1. The van der Waals surface area contributed by atoms with Crippen LogP contribution in [0.4, 0.5) is 5.82 Å². The minimum absolute atomic E-state index is 0.127. The first-order valence-electron chi connectivity index (χ1n) is 12.4. The van der Waals surface area contributed by atoms with Crippen LogP contribution in [0.5, 0.6) is 5.75 Å². The summed E-state index contributed by atoms with van der Waals surface area (Å²) in [6.45, 7) is 13.1. The molecule has 6 nitrogen and oxygen atoms in total. The molecular formula is C30H35N3O3S. The molecule has 0 aliphatic rings. The summed E-state index contributed by atoms with van der Waals surface area (Å²) in [6, 6.07) is 20.3. The molecule has 1 N–H and O–H groups in total. The summed E-state index contributed by atoms with van der Waals surface area (Å²) < 4.78 is 32.8. The van der Waals surface area contributed by atoms with Crippen LogP contribution < -0.4 is 9.50 Å². The van der Waals surface area contributed by atoms with Crippen LogP contribution in [0.2, 0.25) is 0 Å². The molecule has 0 aliphatic carbocycles. The maximum Gasteiger partial charge on any atom is 0.332 e. The summed E-state index contributed by atoms with van der Waals surface area (Å²) in [5.74, 6) is 1.08. The second-order valence-corrected chi connectivity index (χ2v) is 12.7. The van der Waals surface area contributed by atoms with E-state index in [9.17, 15) is 8.42 Å². The zero-order valence-electron chi connectivity index (χ0n) is 22.3. The van der Waals surface area contributed by atoms with Gasteiger partial charge in [0.1, 0.15) is 22.9 Å². The number of imidazole rings is 1. The van der Waals surface area contributed by atoms with Gasteiger partial charge in [-0.25, -0.2) is 4.98 Å².